The zero-order chi connectivity index (χ0) is 17.4. The van der Waals surface area contributed by atoms with E-state index in [-0.39, 0.29) is 17.6 Å². The number of benzene rings is 2. The van der Waals surface area contributed by atoms with Crippen LogP contribution in [0.5, 0.6) is 0 Å². The molecular formula is C19H18ClN3O2. The van der Waals surface area contributed by atoms with Crippen molar-refractivity contribution in [3.05, 3.63) is 69.6 Å². The summed E-state index contributed by atoms with van der Waals surface area (Å²) in [6, 6.07) is 14.8. The minimum Gasteiger partial charge on any atom is -0.338 e. The fourth-order valence-electron chi connectivity index (χ4n) is 3.57. The SMILES string of the molecule is O=C(c1cccc(Cl)c1)N1CCC(n2c(=O)[nH]c3ccccc32)CC1. The largest absolute Gasteiger partial charge is 0.338 e. The maximum Gasteiger partial charge on any atom is 0.326 e. The number of para-hydroxylation sites is 2. The zero-order valence-electron chi connectivity index (χ0n) is 13.6. The number of carbonyl (C=O) groups excluding carboxylic acids is 1. The van der Waals surface area contributed by atoms with Crippen LogP contribution in [0.25, 0.3) is 11.0 Å². The Labute approximate surface area is 149 Å². The van der Waals surface area contributed by atoms with Crippen LogP contribution in [0, 0.1) is 0 Å². The predicted molar refractivity (Wildman–Crippen MR) is 98.2 cm³/mol. The number of likely N-dealkylation sites (tertiary alicyclic amines) is 1. The lowest BCUT2D eigenvalue weighted by Crippen LogP contribution is -2.40. The van der Waals surface area contributed by atoms with Crippen molar-refractivity contribution < 1.29 is 4.79 Å². The molecule has 1 saturated heterocycles. The number of nitrogens with one attached hydrogen (secondary N) is 1. The van der Waals surface area contributed by atoms with Gasteiger partial charge in [0.05, 0.1) is 11.0 Å². The highest BCUT2D eigenvalue weighted by atomic mass is 35.5. The van der Waals surface area contributed by atoms with E-state index in [1.54, 1.807) is 24.3 Å². The topological polar surface area (TPSA) is 58.1 Å². The molecule has 6 heteroatoms. The Kier molecular flexibility index (Phi) is 4.09. The Morgan fingerprint density at radius 2 is 1.84 bits per heavy atom. The molecule has 25 heavy (non-hydrogen) atoms. The highest BCUT2D eigenvalue weighted by Crippen LogP contribution is 2.26. The first-order chi connectivity index (χ1) is 12.1. The molecule has 4 rings (SSSR count). The van der Waals surface area contributed by atoms with Gasteiger partial charge in [-0.2, -0.15) is 0 Å². The van der Waals surface area contributed by atoms with Crippen molar-refractivity contribution in [3.63, 3.8) is 0 Å². The Morgan fingerprint density at radius 3 is 2.60 bits per heavy atom. The van der Waals surface area contributed by atoms with Crippen LogP contribution in [-0.4, -0.2) is 33.4 Å². The Balaban J connectivity index is 1.52. The van der Waals surface area contributed by atoms with Gasteiger partial charge in [0.25, 0.3) is 5.91 Å². The average Bonchev–Trinajstić information content (AvgIpc) is 2.97. The second-order valence-corrected chi connectivity index (χ2v) is 6.79. The first kappa shape index (κ1) is 16.0. The van der Waals surface area contributed by atoms with E-state index in [0.717, 1.165) is 23.9 Å². The monoisotopic (exact) mass is 355 g/mol. The van der Waals surface area contributed by atoms with Crippen LogP contribution in [0.3, 0.4) is 0 Å². The minimum atomic E-state index is -0.0826. The molecule has 1 aliphatic heterocycles. The van der Waals surface area contributed by atoms with Crippen molar-refractivity contribution in [2.75, 3.05) is 13.1 Å². The molecule has 0 bridgehead atoms. The number of hydrogen-bond acceptors (Lipinski definition) is 2. The number of amides is 1. The van der Waals surface area contributed by atoms with Crippen LogP contribution in [0.2, 0.25) is 5.02 Å². The molecule has 1 N–H and O–H groups in total. The van der Waals surface area contributed by atoms with Gasteiger partial charge in [0, 0.05) is 29.7 Å². The molecule has 128 valence electrons. The van der Waals surface area contributed by atoms with Gasteiger partial charge in [0.15, 0.2) is 0 Å². The van der Waals surface area contributed by atoms with Gasteiger partial charge in [-0.05, 0) is 43.2 Å². The van der Waals surface area contributed by atoms with Crippen molar-refractivity contribution in [2.24, 2.45) is 0 Å². The molecule has 0 atom stereocenters. The Bertz CT molecular complexity index is 983. The van der Waals surface area contributed by atoms with Gasteiger partial charge >= 0.3 is 5.69 Å². The highest BCUT2D eigenvalue weighted by molar-refractivity contribution is 6.30. The molecule has 0 unspecified atom stereocenters. The summed E-state index contributed by atoms with van der Waals surface area (Å²) in [6.07, 6.45) is 1.52. The summed E-state index contributed by atoms with van der Waals surface area (Å²) >= 11 is 5.98. The molecule has 2 aromatic carbocycles. The van der Waals surface area contributed by atoms with Gasteiger partial charge in [0.1, 0.15) is 0 Å². The third-order valence-electron chi connectivity index (χ3n) is 4.81. The summed E-state index contributed by atoms with van der Waals surface area (Å²) in [7, 11) is 0. The molecule has 5 nitrogen and oxygen atoms in total. The third-order valence-corrected chi connectivity index (χ3v) is 5.05. The lowest BCUT2D eigenvalue weighted by atomic mass is 10.0. The van der Waals surface area contributed by atoms with E-state index in [1.165, 1.54) is 0 Å². The van der Waals surface area contributed by atoms with E-state index >= 15 is 0 Å². The van der Waals surface area contributed by atoms with Crippen molar-refractivity contribution in [1.82, 2.24) is 14.5 Å². The first-order valence-corrected chi connectivity index (χ1v) is 8.75. The van der Waals surface area contributed by atoms with Crippen LogP contribution >= 0.6 is 11.6 Å². The lowest BCUT2D eigenvalue weighted by Gasteiger charge is -2.32. The normalized spacial score (nSPS) is 15.6. The van der Waals surface area contributed by atoms with E-state index in [4.69, 9.17) is 11.6 Å². The van der Waals surface area contributed by atoms with Crippen molar-refractivity contribution in [2.45, 2.75) is 18.9 Å². The van der Waals surface area contributed by atoms with E-state index in [1.807, 2.05) is 33.7 Å². The van der Waals surface area contributed by atoms with Gasteiger partial charge < -0.3 is 9.88 Å². The third kappa shape index (κ3) is 2.96. The first-order valence-electron chi connectivity index (χ1n) is 8.37. The molecule has 2 heterocycles. The molecule has 1 fully saturated rings. The number of imidazole rings is 1. The summed E-state index contributed by atoms with van der Waals surface area (Å²) in [5.41, 5.74) is 2.30. The number of aromatic nitrogens is 2. The summed E-state index contributed by atoms with van der Waals surface area (Å²) in [6.45, 7) is 1.25. The van der Waals surface area contributed by atoms with Crippen molar-refractivity contribution >= 4 is 28.5 Å². The average molecular weight is 356 g/mol. The van der Waals surface area contributed by atoms with Crippen molar-refractivity contribution in [1.29, 1.82) is 0 Å². The highest BCUT2D eigenvalue weighted by Gasteiger charge is 2.26. The standard InChI is InChI=1S/C19H18ClN3O2/c20-14-5-3-4-13(12-14)18(24)22-10-8-15(9-11-22)23-17-7-2-1-6-16(17)21-19(23)25/h1-7,12,15H,8-11H2,(H,21,25). The van der Waals surface area contributed by atoms with Gasteiger partial charge in [-0.15, -0.1) is 0 Å². The number of H-pyrrole nitrogens is 1. The molecule has 0 radical (unpaired) electrons. The number of halogens is 1. The molecule has 3 aromatic rings. The quantitative estimate of drug-likeness (QED) is 0.765. The molecule has 1 amide bonds. The second-order valence-electron chi connectivity index (χ2n) is 6.35. The van der Waals surface area contributed by atoms with E-state index < -0.39 is 0 Å². The maximum atomic E-state index is 12.6. The van der Waals surface area contributed by atoms with E-state index in [9.17, 15) is 9.59 Å². The molecule has 0 spiro atoms. The van der Waals surface area contributed by atoms with Crippen LogP contribution in [0.4, 0.5) is 0 Å². The van der Waals surface area contributed by atoms with Crippen LogP contribution in [0.1, 0.15) is 29.2 Å². The summed E-state index contributed by atoms with van der Waals surface area (Å²) in [5, 5.41) is 0.561. The summed E-state index contributed by atoms with van der Waals surface area (Å²) in [5.74, 6) is -0.00720. The zero-order valence-corrected chi connectivity index (χ0v) is 14.4. The fraction of sp³-hybridized carbons (Fsp3) is 0.263. The number of piperidine rings is 1. The Morgan fingerprint density at radius 1 is 1.08 bits per heavy atom. The maximum absolute atomic E-state index is 12.6. The fourth-order valence-corrected chi connectivity index (χ4v) is 3.76. The van der Waals surface area contributed by atoms with E-state index in [2.05, 4.69) is 4.98 Å². The smallest absolute Gasteiger partial charge is 0.326 e. The Hall–Kier alpha value is -2.53. The number of carbonyl (C=O) groups is 1. The van der Waals surface area contributed by atoms with Gasteiger partial charge in [0.2, 0.25) is 0 Å². The van der Waals surface area contributed by atoms with E-state index in [0.29, 0.717) is 23.7 Å². The van der Waals surface area contributed by atoms with Gasteiger partial charge in [-0.25, -0.2) is 4.79 Å². The summed E-state index contributed by atoms with van der Waals surface area (Å²) < 4.78 is 1.83. The number of hydrogen-bond donors (Lipinski definition) is 1. The van der Waals surface area contributed by atoms with Crippen molar-refractivity contribution in [3.8, 4) is 0 Å². The predicted octanol–water partition coefficient (Wildman–Crippen LogP) is 3.46. The van der Waals surface area contributed by atoms with Gasteiger partial charge in [-0.1, -0.05) is 29.8 Å². The number of rotatable bonds is 2. The van der Waals surface area contributed by atoms with Crippen LogP contribution in [0.15, 0.2) is 53.3 Å². The second kappa shape index (κ2) is 6.41. The summed E-state index contributed by atoms with van der Waals surface area (Å²) in [4.78, 5) is 29.7. The molecule has 0 aliphatic carbocycles. The molecule has 0 saturated carbocycles. The molecular weight excluding hydrogens is 338 g/mol. The molecule has 1 aromatic heterocycles. The van der Waals surface area contributed by atoms with Gasteiger partial charge in [-0.3, -0.25) is 9.36 Å². The minimum absolute atomic E-state index is 0.00720. The lowest BCUT2D eigenvalue weighted by molar-refractivity contribution is 0.0695. The van der Waals surface area contributed by atoms with Crippen LogP contribution < -0.4 is 5.69 Å². The number of nitrogens with zero attached hydrogens (tertiary/aromatic N) is 2. The number of fused-ring (bicyclic) bond motifs is 1. The van der Waals surface area contributed by atoms with Crippen LogP contribution in [-0.2, 0) is 0 Å². The molecule has 1 aliphatic rings. The number of aromatic amines is 1.